The van der Waals surface area contributed by atoms with E-state index < -0.39 is 16.9 Å². The van der Waals surface area contributed by atoms with E-state index >= 15 is 0 Å². The van der Waals surface area contributed by atoms with Crippen LogP contribution in [-0.4, -0.2) is 32.9 Å². The van der Waals surface area contributed by atoms with Crippen molar-refractivity contribution >= 4 is 19.1 Å². The summed E-state index contributed by atoms with van der Waals surface area (Å²) in [5.74, 6) is -0.413. The van der Waals surface area contributed by atoms with Gasteiger partial charge in [-0.3, -0.25) is 9.59 Å². The number of nitrogens with one attached hydrogen (secondary N) is 3. The second-order valence-corrected chi connectivity index (χ2v) is 7.16. The number of nitrogens with zero attached hydrogens (tertiary/aromatic N) is 1. The first-order chi connectivity index (χ1) is 12.7. The minimum Gasteiger partial charge on any atom is -0.504 e. The van der Waals surface area contributed by atoms with E-state index in [9.17, 15) is 14.7 Å². The SMILES string of the molecule is [B]/C(c1ccccc1)=c1/[nH]c(=O)/c(=C(\O)c2nc[nH]c2C(C)(C)C)[nH]c1=O. The maximum Gasteiger partial charge on any atom is 0.276 e. The normalized spacial score (nSPS) is 14.0. The Morgan fingerprint density at radius 3 is 2.26 bits per heavy atom. The third kappa shape index (κ3) is 3.51. The molecular formula is C19H19BN4O3. The minimum absolute atomic E-state index is 0.0687. The number of hydrogen-bond donors (Lipinski definition) is 4. The lowest BCUT2D eigenvalue weighted by molar-refractivity contribution is 0.492. The molecule has 3 aromatic rings. The van der Waals surface area contributed by atoms with Crippen molar-refractivity contribution in [2.75, 3.05) is 0 Å². The first-order valence-electron chi connectivity index (χ1n) is 8.35. The molecule has 0 unspecified atom stereocenters. The second-order valence-electron chi connectivity index (χ2n) is 7.16. The van der Waals surface area contributed by atoms with Crippen molar-refractivity contribution in [1.29, 1.82) is 0 Å². The van der Waals surface area contributed by atoms with Crippen LogP contribution in [0.2, 0.25) is 0 Å². The van der Waals surface area contributed by atoms with Crippen LogP contribution in [-0.2, 0) is 5.41 Å². The van der Waals surface area contributed by atoms with Crippen LogP contribution in [0.4, 0.5) is 0 Å². The van der Waals surface area contributed by atoms with Gasteiger partial charge in [0.1, 0.15) is 18.9 Å². The number of aliphatic hydroxyl groups excluding tert-OH is 1. The van der Waals surface area contributed by atoms with Crippen molar-refractivity contribution in [2.24, 2.45) is 0 Å². The Morgan fingerprint density at radius 1 is 1.04 bits per heavy atom. The predicted molar refractivity (Wildman–Crippen MR) is 104 cm³/mol. The van der Waals surface area contributed by atoms with Gasteiger partial charge >= 0.3 is 0 Å². The summed E-state index contributed by atoms with van der Waals surface area (Å²) in [6.07, 6.45) is 1.42. The molecule has 0 bridgehead atoms. The number of aromatic nitrogens is 4. The molecule has 7 nitrogen and oxygen atoms in total. The van der Waals surface area contributed by atoms with Gasteiger partial charge in [0.15, 0.2) is 11.1 Å². The highest BCUT2D eigenvalue weighted by molar-refractivity contribution is 6.41. The Bertz CT molecular complexity index is 1210. The van der Waals surface area contributed by atoms with Gasteiger partial charge in [0.25, 0.3) is 11.1 Å². The number of aromatic amines is 3. The lowest BCUT2D eigenvalue weighted by atomic mass is 9.88. The van der Waals surface area contributed by atoms with Crippen LogP contribution in [0.5, 0.6) is 0 Å². The summed E-state index contributed by atoms with van der Waals surface area (Å²) in [5, 5.41) is 10.2. The van der Waals surface area contributed by atoms with Crippen molar-refractivity contribution in [2.45, 2.75) is 26.2 Å². The lowest BCUT2D eigenvalue weighted by Gasteiger charge is -2.17. The molecule has 0 fully saturated rings. The second kappa shape index (κ2) is 6.79. The molecule has 2 radical (unpaired) electrons. The van der Waals surface area contributed by atoms with Gasteiger partial charge in [-0.25, -0.2) is 4.98 Å². The standard InChI is InChI=1S/C19H19BN4O3/c1-19(2,3)16-13(21-9-22-16)15(25)14-18(27)23-12(17(26)24-14)11(20)10-7-5-4-6-8-10/h4-9,25H,1-3H3,(H,21,22)(H,23,27)(H,24,26)/b12-11+,15-14+. The van der Waals surface area contributed by atoms with Crippen LogP contribution in [0.3, 0.4) is 0 Å². The van der Waals surface area contributed by atoms with Crippen LogP contribution in [0.1, 0.15) is 37.7 Å². The monoisotopic (exact) mass is 362 g/mol. The van der Waals surface area contributed by atoms with Crippen molar-refractivity contribution in [3.05, 3.63) is 85.0 Å². The van der Waals surface area contributed by atoms with Crippen LogP contribution in [0, 0.1) is 0 Å². The topological polar surface area (TPSA) is 115 Å². The molecule has 0 saturated carbocycles. The molecule has 136 valence electrons. The third-order valence-electron chi connectivity index (χ3n) is 4.14. The van der Waals surface area contributed by atoms with Crippen molar-refractivity contribution in [3.8, 4) is 0 Å². The van der Waals surface area contributed by atoms with Gasteiger partial charge < -0.3 is 20.1 Å². The maximum absolute atomic E-state index is 12.5. The van der Waals surface area contributed by atoms with E-state index in [1.54, 1.807) is 24.3 Å². The van der Waals surface area contributed by atoms with Crippen molar-refractivity contribution in [3.63, 3.8) is 0 Å². The zero-order valence-corrected chi connectivity index (χ0v) is 15.3. The van der Waals surface area contributed by atoms with E-state index in [-0.39, 0.29) is 27.3 Å². The van der Waals surface area contributed by atoms with Crippen LogP contribution >= 0.6 is 0 Å². The maximum atomic E-state index is 12.5. The minimum atomic E-state index is -0.677. The summed E-state index contributed by atoms with van der Waals surface area (Å²) in [6.45, 7) is 5.80. The molecular weight excluding hydrogens is 343 g/mol. The third-order valence-corrected chi connectivity index (χ3v) is 4.14. The number of benzene rings is 1. The number of imidazole rings is 1. The van der Waals surface area contributed by atoms with E-state index in [2.05, 4.69) is 19.9 Å². The summed E-state index contributed by atoms with van der Waals surface area (Å²) >= 11 is 0. The Kier molecular flexibility index (Phi) is 4.65. The molecule has 0 amide bonds. The van der Waals surface area contributed by atoms with Crippen LogP contribution < -0.4 is 21.8 Å². The molecule has 0 saturated heterocycles. The van der Waals surface area contributed by atoms with Gasteiger partial charge in [-0.2, -0.15) is 0 Å². The van der Waals surface area contributed by atoms with E-state index in [0.717, 1.165) is 0 Å². The highest BCUT2D eigenvalue weighted by atomic mass is 16.3. The molecule has 0 atom stereocenters. The van der Waals surface area contributed by atoms with Gasteiger partial charge in [-0.05, 0) is 5.56 Å². The fraction of sp³-hybridized carbons (Fsp3) is 0.211. The zero-order valence-electron chi connectivity index (χ0n) is 15.3. The van der Waals surface area contributed by atoms with Gasteiger partial charge in [0, 0.05) is 5.41 Å². The van der Waals surface area contributed by atoms with Gasteiger partial charge in [-0.15, -0.1) is 0 Å². The van der Waals surface area contributed by atoms with E-state index in [1.807, 2.05) is 26.8 Å². The Morgan fingerprint density at radius 2 is 1.63 bits per heavy atom. The molecule has 0 spiro atoms. The molecule has 0 aliphatic heterocycles. The molecule has 1 aromatic carbocycles. The largest absolute Gasteiger partial charge is 0.504 e. The first-order valence-corrected chi connectivity index (χ1v) is 8.35. The molecule has 0 aliphatic rings. The van der Waals surface area contributed by atoms with Gasteiger partial charge in [-0.1, -0.05) is 56.6 Å². The van der Waals surface area contributed by atoms with E-state index in [0.29, 0.717) is 11.3 Å². The predicted octanol–water partition coefficient (Wildman–Crippen LogP) is 0.123. The summed E-state index contributed by atoms with van der Waals surface area (Å²) < 4.78 is 0. The number of H-pyrrole nitrogens is 3. The Hall–Kier alpha value is -3.29. The number of aliphatic hydroxyl groups is 1. The van der Waals surface area contributed by atoms with Crippen LogP contribution in [0.15, 0.2) is 46.2 Å². The molecule has 8 heteroatoms. The molecule has 0 aliphatic carbocycles. The lowest BCUT2D eigenvalue weighted by Crippen LogP contribution is -2.49. The quantitative estimate of drug-likeness (QED) is 0.485. The number of hydrogen-bond acceptors (Lipinski definition) is 4. The molecule has 3 rings (SSSR count). The molecule has 2 heterocycles. The summed E-state index contributed by atoms with van der Waals surface area (Å²) in [6, 6.07) is 8.81. The zero-order chi connectivity index (χ0) is 19.8. The highest BCUT2D eigenvalue weighted by Crippen LogP contribution is 2.25. The van der Waals surface area contributed by atoms with Crippen molar-refractivity contribution in [1.82, 2.24) is 19.9 Å². The Labute approximate surface area is 155 Å². The average Bonchev–Trinajstić information content (AvgIpc) is 3.13. The van der Waals surface area contributed by atoms with E-state index in [4.69, 9.17) is 7.85 Å². The van der Waals surface area contributed by atoms with Crippen LogP contribution in [0.25, 0.3) is 11.2 Å². The molecule has 2 aromatic heterocycles. The first kappa shape index (κ1) is 18.5. The average molecular weight is 362 g/mol. The summed E-state index contributed by atoms with van der Waals surface area (Å²) in [7, 11) is 6.03. The van der Waals surface area contributed by atoms with Gasteiger partial charge in [0.2, 0.25) is 0 Å². The fourth-order valence-electron chi connectivity index (χ4n) is 2.75. The van der Waals surface area contributed by atoms with Gasteiger partial charge in [0.05, 0.1) is 12.0 Å². The number of rotatable bonds is 2. The molecule has 27 heavy (non-hydrogen) atoms. The fourth-order valence-corrected chi connectivity index (χ4v) is 2.75. The summed E-state index contributed by atoms with van der Waals surface area (Å²) in [5.41, 5.74) is -0.0689. The Balaban J connectivity index is 2.29. The smallest absolute Gasteiger partial charge is 0.276 e. The van der Waals surface area contributed by atoms with E-state index in [1.165, 1.54) is 6.33 Å². The highest BCUT2D eigenvalue weighted by Gasteiger charge is 2.23. The van der Waals surface area contributed by atoms with Crippen molar-refractivity contribution < 1.29 is 5.11 Å². The summed E-state index contributed by atoms with van der Waals surface area (Å²) in [4.78, 5) is 36.9. The molecule has 4 N–H and O–H groups in total.